The number of nitrogens with zero attached hydrogens (tertiary/aromatic N) is 4. The van der Waals surface area contributed by atoms with Crippen molar-refractivity contribution in [3.05, 3.63) is 33.5 Å². The van der Waals surface area contributed by atoms with Crippen molar-refractivity contribution in [1.29, 1.82) is 0 Å². The molecule has 0 aliphatic rings. The SMILES string of the molecule is CCNC(C)c1nnnn1-c1ccc(Br)cc1Cl. The third-order valence-electron chi connectivity index (χ3n) is 2.53. The minimum atomic E-state index is 0.0599. The maximum atomic E-state index is 6.21. The van der Waals surface area contributed by atoms with Gasteiger partial charge in [-0.25, -0.2) is 0 Å². The van der Waals surface area contributed by atoms with E-state index in [0.717, 1.165) is 22.5 Å². The number of hydrogen-bond donors (Lipinski definition) is 1. The van der Waals surface area contributed by atoms with Gasteiger partial charge >= 0.3 is 0 Å². The number of aromatic nitrogens is 4. The smallest absolute Gasteiger partial charge is 0.173 e. The summed E-state index contributed by atoms with van der Waals surface area (Å²) in [6.45, 7) is 4.90. The molecule has 0 bridgehead atoms. The summed E-state index contributed by atoms with van der Waals surface area (Å²) in [5.74, 6) is 0.737. The van der Waals surface area contributed by atoms with Crippen LogP contribution in [0.2, 0.25) is 5.02 Å². The Bertz CT molecular complexity index is 542. The largest absolute Gasteiger partial charge is 0.308 e. The lowest BCUT2D eigenvalue weighted by Crippen LogP contribution is -2.21. The molecule has 2 aromatic rings. The van der Waals surface area contributed by atoms with E-state index in [-0.39, 0.29) is 6.04 Å². The van der Waals surface area contributed by atoms with Gasteiger partial charge in [0.25, 0.3) is 0 Å². The fraction of sp³-hybridized carbons (Fsp3) is 0.364. The second-order valence-electron chi connectivity index (χ2n) is 3.82. The fourth-order valence-corrected chi connectivity index (χ4v) is 2.44. The van der Waals surface area contributed by atoms with Crippen LogP contribution in [0.15, 0.2) is 22.7 Å². The molecule has 0 aliphatic carbocycles. The summed E-state index contributed by atoms with van der Waals surface area (Å²) < 4.78 is 2.58. The molecule has 1 aromatic carbocycles. The Hall–Kier alpha value is -0.980. The van der Waals surface area contributed by atoms with E-state index in [4.69, 9.17) is 11.6 Å². The molecule has 1 atom stereocenters. The lowest BCUT2D eigenvalue weighted by atomic mass is 10.3. The van der Waals surface area contributed by atoms with Crippen LogP contribution in [-0.4, -0.2) is 26.8 Å². The Morgan fingerprint density at radius 2 is 2.28 bits per heavy atom. The van der Waals surface area contributed by atoms with Gasteiger partial charge in [0.05, 0.1) is 16.8 Å². The van der Waals surface area contributed by atoms with Gasteiger partial charge in [0.15, 0.2) is 5.82 Å². The molecule has 0 amide bonds. The molecule has 7 heteroatoms. The van der Waals surface area contributed by atoms with Gasteiger partial charge < -0.3 is 5.32 Å². The van der Waals surface area contributed by atoms with Crippen LogP contribution in [0.25, 0.3) is 5.69 Å². The van der Waals surface area contributed by atoms with Crippen LogP contribution in [0.4, 0.5) is 0 Å². The number of hydrogen-bond acceptors (Lipinski definition) is 4. The maximum Gasteiger partial charge on any atom is 0.173 e. The topological polar surface area (TPSA) is 55.6 Å². The van der Waals surface area contributed by atoms with Crippen LogP contribution in [-0.2, 0) is 0 Å². The Kier molecular flexibility index (Phi) is 4.31. The lowest BCUT2D eigenvalue weighted by Gasteiger charge is -2.12. The van der Waals surface area contributed by atoms with Crippen LogP contribution in [0.1, 0.15) is 25.7 Å². The standard InChI is InChI=1S/C11H13BrClN5/c1-3-14-7(2)11-15-16-17-18(11)10-5-4-8(12)6-9(10)13/h4-7,14H,3H2,1-2H3. The zero-order valence-corrected chi connectivity index (χ0v) is 12.4. The summed E-state index contributed by atoms with van der Waals surface area (Å²) in [6.07, 6.45) is 0. The molecule has 0 aliphatic heterocycles. The second kappa shape index (κ2) is 5.77. The van der Waals surface area contributed by atoms with Crippen LogP contribution in [0.5, 0.6) is 0 Å². The minimum Gasteiger partial charge on any atom is -0.308 e. The van der Waals surface area contributed by atoms with Crippen molar-refractivity contribution >= 4 is 27.5 Å². The van der Waals surface area contributed by atoms with E-state index in [9.17, 15) is 0 Å². The van der Waals surface area contributed by atoms with Gasteiger partial charge in [-0.1, -0.05) is 34.5 Å². The van der Waals surface area contributed by atoms with Crippen LogP contribution >= 0.6 is 27.5 Å². The second-order valence-corrected chi connectivity index (χ2v) is 5.15. The third kappa shape index (κ3) is 2.71. The van der Waals surface area contributed by atoms with Gasteiger partial charge in [0, 0.05) is 4.47 Å². The van der Waals surface area contributed by atoms with Crippen molar-refractivity contribution in [3.8, 4) is 5.69 Å². The van der Waals surface area contributed by atoms with Crippen molar-refractivity contribution in [2.24, 2.45) is 0 Å². The first kappa shape index (κ1) is 13.5. The number of rotatable bonds is 4. The Labute approximate surface area is 119 Å². The Morgan fingerprint density at radius 1 is 1.50 bits per heavy atom. The first-order valence-corrected chi connectivity index (χ1v) is 6.77. The first-order chi connectivity index (χ1) is 8.63. The van der Waals surface area contributed by atoms with Crippen molar-refractivity contribution in [3.63, 3.8) is 0 Å². The molecule has 0 saturated carbocycles. The molecular formula is C11H13BrClN5. The van der Waals surface area contributed by atoms with Gasteiger partial charge in [-0.2, -0.15) is 4.68 Å². The highest BCUT2D eigenvalue weighted by Crippen LogP contribution is 2.25. The van der Waals surface area contributed by atoms with E-state index < -0.39 is 0 Å². The molecule has 96 valence electrons. The minimum absolute atomic E-state index is 0.0599. The molecule has 1 N–H and O–H groups in total. The number of nitrogens with one attached hydrogen (secondary N) is 1. The van der Waals surface area contributed by atoms with E-state index >= 15 is 0 Å². The summed E-state index contributed by atoms with van der Waals surface area (Å²) in [7, 11) is 0. The van der Waals surface area contributed by atoms with Gasteiger partial charge in [-0.05, 0) is 42.1 Å². The summed E-state index contributed by atoms with van der Waals surface area (Å²) in [4.78, 5) is 0. The van der Waals surface area contributed by atoms with Crippen LogP contribution in [0.3, 0.4) is 0 Å². The van der Waals surface area contributed by atoms with E-state index in [1.54, 1.807) is 4.68 Å². The average Bonchev–Trinajstić information content (AvgIpc) is 2.78. The molecule has 1 heterocycles. The monoisotopic (exact) mass is 329 g/mol. The predicted octanol–water partition coefficient (Wildman–Crippen LogP) is 2.75. The maximum absolute atomic E-state index is 6.21. The number of benzene rings is 1. The summed E-state index contributed by atoms with van der Waals surface area (Å²) in [5, 5.41) is 15.6. The summed E-state index contributed by atoms with van der Waals surface area (Å²) >= 11 is 9.58. The van der Waals surface area contributed by atoms with Crippen molar-refractivity contribution in [2.75, 3.05) is 6.54 Å². The van der Waals surface area contributed by atoms with E-state index in [1.165, 1.54) is 0 Å². The van der Waals surface area contributed by atoms with Crippen LogP contribution in [0, 0.1) is 0 Å². The lowest BCUT2D eigenvalue weighted by molar-refractivity contribution is 0.550. The van der Waals surface area contributed by atoms with Gasteiger partial charge in [-0.3, -0.25) is 0 Å². The van der Waals surface area contributed by atoms with Gasteiger partial charge in [0.2, 0.25) is 0 Å². The molecule has 0 fully saturated rings. The first-order valence-electron chi connectivity index (χ1n) is 5.60. The molecular weight excluding hydrogens is 318 g/mol. The molecule has 1 unspecified atom stereocenters. The highest BCUT2D eigenvalue weighted by atomic mass is 79.9. The van der Waals surface area contributed by atoms with Crippen molar-refractivity contribution in [2.45, 2.75) is 19.9 Å². The quantitative estimate of drug-likeness (QED) is 0.936. The summed E-state index contributed by atoms with van der Waals surface area (Å²) in [6, 6.07) is 5.67. The highest BCUT2D eigenvalue weighted by molar-refractivity contribution is 9.10. The third-order valence-corrected chi connectivity index (χ3v) is 3.33. The molecule has 1 aromatic heterocycles. The zero-order chi connectivity index (χ0) is 13.1. The molecule has 0 saturated heterocycles. The van der Waals surface area contributed by atoms with Gasteiger partial charge in [0.1, 0.15) is 0 Å². The van der Waals surface area contributed by atoms with Crippen molar-refractivity contribution < 1.29 is 0 Å². The Morgan fingerprint density at radius 3 is 2.94 bits per heavy atom. The summed E-state index contributed by atoms with van der Waals surface area (Å²) in [5.41, 5.74) is 0.768. The normalized spacial score (nSPS) is 12.7. The highest BCUT2D eigenvalue weighted by Gasteiger charge is 2.16. The number of halogens is 2. The predicted molar refractivity (Wildman–Crippen MR) is 74.0 cm³/mol. The average molecular weight is 331 g/mol. The van der Waals surface area contributed by atoms with E-state index in [0.29, 0.717) is 5.02 Å². The van der Waals surface area contributed by atoms with E-state index in [1.807, 2.05) is 32.0 Å². The van der Waals surface area contributed by atoms with Crippen molar-refractivity contribution in [1.82, 2.24) is 25.5 Å². The van der Waals surface area contributed by atoms with Crippen LogP contribution < -0.4 is 5.32 Å². The Balaban J connectivity index is 2.42. The molecule has 18 heavy (non-hydrogen) atoms. The molecule has 0 spiro atoms. The zero-order valence-electron chi connectivity index (χ0n) is 10.1. The molecule has 5 nitrogen and oxygen atoms in total. The number of tetrazole rings is 1. The molecule has 2 rings (SSSR count). The molecule has 0 radical (unpaired) electrons. The van der Waals surface area contributed by atoms with Gasteiger partial charge in [-0.15, -0.1) is 5.10 Å². The fourth-order valence-electron chi connectivity index (χ4n) is 1.69. The van der Waals surface area contributed by atoms with E-state index in [2.05, 4.69) is 36.8 Å².